The Bertz CT molecular complexity index is 1880. The molecule has 3 aliphatic heterocycles. The second kappa shape index (κ2) is 10.2. The van der Waals surface area contributed by atoms with Crippen molar-refractivity contribution in [3.8, 4) is 11.5 Å². The number of hydrogen-bond donors (Lipinski definition) is 1. The second-order valence-electron chi connectivity index (χ2n) is 11.7. The van der Waals surface area contributed by atoms with E-state index < -0.39 is 23.4 Å². The predicted octanol–water partition coefficient (Wildman–Crippen LogP) is 6.26. The second-order valence-corrected chi connectivity index (χ2v) is 11.7. The van der Waals surface area contributed by atoms with Crippen LogP contribution in [0.1, 0.15) is 44.3 Å². The minimum absolute atomic E-state index is 0.255. The highest BCUT2D eigenvalue weighted by Gasteiger charge is 2.70. The van der Waals surface area contributed by atoms with Crippen LogP contribution in [-0.2, 0) is 10.2 Å². The zero-order valence-corrected chi connectivity index (χ0v) is 25.0. The molecule has 220 valence electrons. The summed E-state index contributed by atoms with van der Waals surface area (Å²) in [6.07, 6.45) is 2.07. The van der Waals surface area contributed by atoms with Crippen LogP contribution in [0.25, 0.3) is 5.57 Å². The maximum atomic E-state index is 15.0. The van der Waals surface area contributed by atoms with Gasteiger partial charge in [0.15, 0.2) is 11.6 Å². The summed E-state index contributed by atoms with van der Waals surface area (Å²) >= 11 is 0. The molecule has 0 aliphatic carbocycles. The summed E-state index contributed by atoms with van der Waals surface area (Å²) in [4.78, 5) is 46.5. The van der Waals surface area contributed by atoms with E-state index in [0.717, 1.165) is 22.4 Å². The number of hydrogen-bond acceptors (Lipinski definition) is 6. The number of nitrogens with zero attached hydrogens (tertiary/aromatic N) is 1. The average Bonchev–Trinajstić information content (AvgIpc) is 3.52. The molecule has 4 aromatic carbocycles. The number of carbonyl (C=O) groups is 3. The van der Waals surface area contributed by atoms with Crippen molar-refractivity contribution in [2.75, 3.05) is 24.4 Å². The first-order valence-electron chi connectivity index (χ1n) is 14.6. The zero-order valence-electron chi connectivity index (χ0n) is 25.0. The number of rotatable bonds is 6. The predicted molar refractivity (Wildman–Crippen MR) is 170 cm³/mol. The van der Waals surface area contributed by atoms with Crippen LogP contribution in [0, 0.1) is 12.8 Å². The molecule has 44 heavy (non-hydrogen) atoms. The van der Waals surface area contributed by atoms with Gasteiger partial charge in [0.25, 0.3) is 0 Å². The molecule has 3 aliphatic rings. The van der Waals surface area contributed by atoms with E-state index in [2.05, 4.69) is 17.5 Å². The van der Waals surface area contributed by atoms with Gasteiger partial charge in [-0.3, -0.25) is 14.4 Å². The molecule has 3 heterocycles. The van der Waals surface area contributed by atoms with Crippen LogP contribution in [0.4, 0.5) is 11.4 Å². The normalized spacial score (nSPS) is 22.9. The maximum absolute atomic E-state index is 15.0. The number of Topliss-reactive ketones (excluding diaryl/α,β-unsaturated/α-hetero) is 2. The topological polar surface area (TPSA) is 84.9 Å². The molecule has 4 aromatic rings. The number of aryl methyl sites for hydroxylation is 1. The summed E-state index contributed by atoms with van der Waals surface area (Å²) in [5.41, 5.74) is 4.67. The monoisotopic (exact) mass is 584 g/mol. The first kappa shape index (κ1) is 27.7. The fourth-order valence-electron chi connectivity index (χ4n) is 7.43. The summed E-state index contributed by atoms with van der Waals surface area (Å²) in [7, 11) is 3.12. The van der Waals surface area contributed by atoms with Crippen molar-refractivity contribution in [3.05, 3.63) is 125 Å². The van der Waals surface area contributed by atoms with Gasteiger partial charge in [0.2, 0.25) is 5.91 Å². The molecule has 4 atom stereocenters. The Morgan fingerprint density at radius 2 is 1.55 bits per heavy atom. The van der Waals surface area contributed by atoms with E-state index >= 15 is 0 Å². The first-order chi connectivity index (χ1) is 21.3. The van der Waals surface area contributed by atoms with Crippen molar-refractivity contribution in [2.24, 2.45) is 5.92 Å². The largest absolute Gasteiger partial charge is 0.497 e. The van der Waals surface area contributed by atoms with E-state index in [1.54, 1.807) is 62.8 Å². The van der Waals surface area contributed by atoms with E-state index in [1.807, 2.05) is 55.1 Å². The highest BCUT2D eigenvalue weighted by molar-refractivity contribution is 6.18. The Kier molecular flexibility index (Phi) is 6.43. The quantitative estimate of drug-likeness (QED) is 0.270. The van der Waals surface area contributed by atoms with Crippen LogP contribution in [0.2, 0.25) is 0 Å². The Balaban J connectivity index is 1.54. The molecule has 1 N–H and O–H groups in total. The number of amides is 1. The molecule has 0 bridgehead atoms. The van der Waals surface area contributed by atoms with Crippen LogP contribution in [0.5, 0.6) is 11.5 Å². The summed E-state index contributed by atoms with van der Waals surface area (Å²) in [5, 5.41) is 3.08. The highest BCUT2D eigenvalue weighted by atomic mass is 16.5. The summed E-state index contributed by atoms with van der Waals surface area (Å²) in [5.74, 6) is -0.742. The molecule has 0 aromatic heterocycles. The third kappa shape index (κ3) is 3.85. The van der Waals surface area contributed by atoms with Crippen LogP contribution < -0.4 is 19.7 Å². The zero-order chi connectivity index (χ0) is 30.7. The number of methoxy groups -OCH3 is 2. The van der Waals surface area contributed by atoms with Crippen LogP contribution in [0.3, 0.4) is 0 Å². The van der Waals surface area contributed by atoms with Gasteiger partial charge in [-0.05, 0) is 79.6 Å². The van der Waals surface area contributed by atoms with E-state index in [4.69, 9.17) is 9.47 Å². The third-order valence-electron chi connectivity index (χ3n) is 9.41. The number of anilines is 2. The number of allylic oxidation sites excluding steroid dienone is 1. The minimum atomic E-state index is -1.38. The molecule has 1 amide bonds. The highest BCUT2D eigenvalue weighted by Crippen LogP contribution is 2.59. The molecule has 0 unspecified atom stereocenters. The van der Waals surface area contributed by atoms with Gasteiger partial charge >= 0.3 is 0 Å². The summed E-state index contributed by atoms with van der Waals surface area (Å²) < 4.78 is 10.8. The lowest BCUT2D eigenvalue weighted by Crippen LogP contribution is -2.51. The molecular weight excluding hydrogens is 552 g/mol. The average molecular weight is 585 g/mol. The molecule has 1 saturated heterocycles. The molecule has 0 saturated carbocycles. The van der Waals surface area contributed by atoms with Crippen LogP contribution in [-0.4, -0.2) is 43.8 Å². The van der Waals surface area contributed by atoms with Crippen molar-refractivity contribution < 1.29 is 23.9 Å². The minimum Gasteiger partial charge on any atom is -0.497 e. The Labute approximate surface area is 256 Å². The number of fused-ring (bicyclic) bond motifs is 6. The van der Waals surface area contributed by atoms with Crippen molar-refractivity contribution in [3.63, 3.8) is 0 Å². The number of benzene rings is 4. The lowest BCUT2D eigenvalue weighted by molar-refractivity contribution is -0.121. The summed E-state index contributed by atoms with van der Waals surface area (Å²) in [6.45, 7) is 4.06. The number of ketones is 2. The van der Waals surface area contributed by atoms with Gasteiger partial charge in [0, 0.05) is 28.1 Å². The standard InChI is InChI=1S/C37H32N2O5/c1-21-12-17-30-27(18-21)22(2)19-31-37(28-10-5-6-11-29(28)38-36(37)42)32(34(40)23-13-15-25(43-3)16-14-23)33(39(30)31)35(41)24-8-7-9-26(20-24)44-4/h5-20,31-33H,1-4H3,(H,38,42)/t31-,32+,33-,37+/m1/s1. The Hall–Kier alpha value is -5.17. The van der Waals surface area contributed by atoms with Gasteiger partial charge in [0.1, 0.15) is 23.0 Å². The van der Waals surface area contributed by atoms with Crippen LogP contribution in [0.15, 0.2) is 97.1 Å². The molecule has 7 nitrogen and oxygen atoms in total. The van der Waals surface area contributed by atoms with E-state index in [9.17, 15) is 14.4 Å². The molecule has 7 rings (SSSR count). The summed E-state index contributed by atoms with van der Waals surface area (Å²) in [6, 6.07) is 25.9. The first-order valence-corrected chi connectivity index (χ1v) is 14.6. The van der Waals surface area contributed by atoms with Crippen molar-refractivity contribution in [1.82, 2.24) is 0 Å². The van der Waals surface area contributed by atoms with E-state index in [0.29, 0.717) is 33.9 Å². The molecular formula is C37H32N2O5. The van der Waals surface area contributed by atoms with E-state index in [1.165, 1.54) is 0 Å². The smallest absolute Gasteiger partial charge is 0.238 e. The number of nitrogens with one attached hydrogen (secondary N) is 1. The SMILES string of the molecule is COc1ccc(C(=O)[C@@H]2[C@H](C(=O)c3cccc(OC)c3)N3c4ccc(C)cc4C(C)=C[C@@H]3[C@]23C(=O)Nc2ccccc23)cc1. The van der Waals surface area contributed by atoms with Crippen LogP contribution >= 0.6 is 0 Å². The van der Waals surface area contributed by atoms with Gasteiger partial charge in [-0.25, -0.2) is 0 Å². The van der Waals surface area contributed by atoms with Gasteiger partial charge in [0.05, 0.1) is 26.2 Å². The number of ether oxygens (including phenoxy) is 2. The van der Waals surface area contributed by atoms with Gasteiger partial charge in [-0.1, -0.05) is 48.0 Å². The number of carbonyl (C=O) groups excluding carboxylic acids is 3. The lowest BCUT2D eigenvalue weighted by atomic mass is 9.64. The number of para-hydroxylation sites is 1. The van der Waals surface area contributed by atoms with Gasteiger partial charge < -0.3 is 19.7 Å². The molecule has 0 radical (unpaired) electrons. The molecule has 7 heteroatoms. The van der Waals surface area contributed by atoms with Crippen molar-refractivity contribution in [1.29, 1.82) is 0 Å². The fourth-order valence-corrected chi connectivity index (χ4v) is 7.43. The van der Waals surface area contributed by atoms with Crippen molar-refractivity contribution >= 4 is 34.4 Å². The lowest BCUT2D eigenvalue weighted by Gasteiger charge is -2.39. The Morgan fingerprint density at radius 3 is 2.30 bits per heavy atom. The van der Waals surface area contributed by atoms with E-state index in [-0.39, 0.29) is 17.5 Å². The van der Waals surface area contributed by atoms with Gasteiger partial charge in [-0.15, -0.1) is 0 Å². The van der Waals surface area contributed by atoms with Crippen molar-refractivity contribution in [2.45, 2.75) is 31.3 Å². The molecule has 1 spiro atoms. The third-order valence-corrected chi connectivity index (χ3v) is 9.41. The Morgan fingerprint density at radius 1 is 0.795 bits per heavy atom. The van der Waals surface area contributed by atoms with Gasteiger partial charge in [-0.2, -0.15) is 0 Å². The maximum Gasteiger partial charge on any atom is 0.238 e. The fraction of sp³-hybridized carbons (Fsp3) is 0.216. The molecule has 1 fully saturated rings.